The van der Waals surface area contributed by atoms with Crippen LogP contribution in [0.15, 0.2) is 54.6 Å². The van der Waals surface area contributed by atoms with Crippen LogP contribution in [0.5, 0.6) is 0 Å². The zero-order chi connectivity index (χ0) is 16.8. The van der Waals surface area contributed by atoms with Crippen molar-refractivity contribution in [1.29, 1.82) is 0 Å². The maximum absolute atomic E-state index is 10.5. The molecule has 2 aromatic carbocycles. The number of rotatable bonds is 3. The van der Waals surface area contributed by atoms with Gasteiger partial charge in [0.15, 0.2) is 42.4 Å². The van der Waals surface area contributed by atoms with Gasteiger partial charge in [0, 0.05) is 3.57 Å². The highest BCUT2D eigenvalue weighted by molar-refractivity contribution is 14.2. The van der Waals surface area contributed by atoms with Gasteiger partial charge in [-0.15, -0.1) is 0 Å². The van der Waals surface area contributed by atoms with Gasteiger partial charge < -0.3 is 10.2 Å². The van der Waals surface area contributed by atoms with E-state index in [1.54, 1.807) is 18.2 Å². The van der Waals surface area contributed by atoms with Crippen molar-refractivity contribution in [2.75, 3.05) is 0 Å². The molecule has 0 aromatic heterocycles. The molecule has 0 unspecified atom stereocenters. The SMILES string of the molecule is O=CO.O=Ic1ccccc1.O=Ic1ccccc1C(=O)O. The van der Waals surface area contributed by atoms with Gasteiger partial charge in [0.05, 0.1) is 9.13 Å². The van der Waals surface area contributed by atoms with E-state index in [4.69, 9.17) is 15.0 Å². The molecule has 0 spiro atoms. The average molecular weight is 530 g/mol. The summed E-state index contributed by atoms with van der Waals surface area (Å²) in [6, 6.07) is 15.8. The molecule has 0 saturated carbocycles. The van der Waals surface area contributed by atoms with Crippen LogP contribution in [-0.4, -0.2) is 22.7 Å². The van der Waals surface area contributed by atoms with Crippen molar-refractivity contribution in [3.8, 4) is 0 Å². The molecule has 0 radical (unpaired) electrons. The fourth-order valence-corrected chi connectivity index (χ4v) is 2.88. The summed E-state index contributed by atoms with van der Waals surface area (Å²) in [6.07, 6.45) is 0. The van der Waals surface area contributed by atoms with Gasteiger partial charge in [0.25, 0.3) is 6.47 Å². The summed E-state index contributed by atoms with van der Waals surface area (Å²) in [5.41, 5.74) is 0.148. The Morgan fingerprint density at radius 1 is 0.909 bits per heavy atom. The van der Waals surface area contributed by atoms with E-state index in [1.165, 1.54) is 6.07 Å². The highest BCUT2D eigenvalue weighted by Crippen LogP contribution is 2.14. The van der Waals surface area contributed by atoms with Gasteiger partial charge in [-0.25, -0.2) is 4.79 Å². The molecule has 2 aromatic rings. The van der Waals surface area contributed by atoms with E-state index in [0.29, 0.717) is 3.57 Å². The zero-order valence-corrected chi connectivity index (χ0v) is 15.4. The maximum atomic E-state index is 10.5. The van der Waals surface area contributed by atoms with Crippen LogP contribution in [0.2, 0.25) is 0 Å². The van der Waals surface area contributed by atoms with E-state index in [9.17, 15) is 10.9 Å². The Morgan fingerprint density at radius 2 is 1.41 bits per heavy atom. The van der Waals surface area contributed by atoms with Crippen LogP contribution >= 0.6 is 42.4 Å². The minimum atomic E-state index is -1.38. The Labute approximate surface area is 147 Å². The smallest absolute Gasteiger partial charge is 0.336 e. The Morgan fingerprint density at radius 3 is 1.77 bits per heavy atom. The van der Waals surface area contributed by atoms with Crippen molar-refractivity contribution < 1.29 is 25.9 Å². The Kier molecular flexibility index (Phi) is 12.2. The summed E-state index contributed by atoms with van der Waals surface area (Å²) in [5.74, 6) is -1.02. The molecule has 8 heteroatoms. The lowest BCUT2D eigenvalue weighted by molar-refractivity contribution is -0.122. The number of hydrogen-bond acceptors (Lipinski definition) is 4. The second-order valence-electron chi connectivity index (χ2n) is 3.34. The van der Waals surface area contributed by atoms with Gasteiger partial charge >= 0.3 is 5.97 Å². The molecule has 6 nitrogen and oxygen atoms in total. The summed E-state index contributed by atoms with van der Waals surface area (Å²) in [5, 5.41) is 15.5. The molecule has 0 saturated heterocycles. The van der Waals surface area contributed by atoms with E-state index >= 15 is 0 Å². The molecule has 2 N–H and O–H groups in total. The van der Waals surface area contributed by atoms with Gasteiger partial charge in [-0.2, -0.15) is 0 Å². The van der Waals surface area contributed by atoms with E-state index in [1.807, 2.05) is 30.3 Å². The van der Waals surface area contributed by atoms with Crippen LogP contribution in [0.3, 0.4) is 0 Å². The van der Waals surface area contributed by atoms with Gasteiger partial charge in [-0.3, -0.25) is 10.9 Å². The van der Waals surface area contributed by atoms with Crippen LogP contribution in [0.4, 0.5) is 0 Å². The topological polar surface area (TPSA) is 109 Å². The van der Waals surface area contributed by atoms with Gasteiger partial charge in [-0.05, 0) is 24.3 Å². The molecule has 0 heterocycles. The molecule has 0 fully saturated rings. The first-order chi connectivity index (χ1) is 10.6. The molecule has 0 atom stereocenters. The highest BCUT2D eigenvalue weighted by Gasteiger charge is 2.07. The van der Waals surface area contributed by atoms with Crippen molar-refractivity contribution in [2.45, 2.75) is 0 Å². The average Bonchev–Trinajstić information content (AvgIpc) is 2.56. The fraction of sp³-hybridized carbons (Fsp3) is 0. The Hall–Kier alpha value is -1.56. The van der Waals surface area contributed by atoms with Crippen LogP contribution < -0.4 is 0 Å². The number of carbonyl (C=O) groups is 2. The van der Waals surface area contributed by atoms with E-state index in [0.717, 1.165) is 3.57 Å². The number of aromatic carboxylic acids is 1. The largest absolute Gasteiger partial charge is 0.483 e. The fourth-order valence-electron chi connectivity index (χ4n) is 1.17. The first-order valence-electron chi connectivity index (χ1n) is 5.60. The standard InChI is InChI=1S/C7H5IO3.C6H5IO.CH2O2/c9-7(10)5-3-1-2-4-6(5)8-11;8-7-6-4-2-1-3-5-6;2-1-3/h1-4H,(H,9,10);1-5H;1H,(H,2,3). The van der Waals surface area contributed by atoms with E-state index in [2.05, 4.69) is 0 Å². The molecule has 0 aliphatic heterocycles. The number of carboxylic acid groups (broad SMARTS) is 2. The normalized spacial score (nSPS) is 8.55. The summed E-state index contributed by atoms with van der Waals surface area (Å²) >= 11 is -2.32. The van der Waals surface area contributed by atoms with Crippen molar-refractivity contribution in [3.63, 3.8) is 0 Å². The molecular formula is C14H12I2O6. The van der Waals surface area contributed by atoms with Crippen LogP contribution in [-0.2, 0) is 10.9 Å². The minimum Gasteiger partial charge on any atom is -0.483 e. The Bertz CT molecular complexity index is 616. The molecule has 118 valence electrons. The Balaban J connectivity index is 0.000000352. The van der Waals surface area contributed by atoms with Crippen molar-refractivity contribution >= 4 is 54.8 Å². The molecule has 0 aliphatic rings. The molecule has 0 amide bonds. The van der Waals surface area contributed by atoms with Crippen molar-refractivity contribution in [3.05, 3.63) is 67.3 Å². The summed E-state index contributed by atoms with van der Waals surface area (Å²) in [7, 11) is 0. The quantitative estimate of drug-likeness (QED) is 0.463. The first-order valence-corrected chi connectivity index (χ1v) is 9.52. The molecule has 0 bridgehead atoms. The highest BCUT2D eigenvalue weighted by atomic mass is 127. The van der Waals surface area contributed by atoms with Crippen LogP contribution in [0.25, 0.3) is 0 Å². The second kappa shape index (κ2) is 13.1. The summed E-state index contributed by atoms with van der Waals surface area (Å²) < 4.78 is 22.2. The minimum absolute atomic E-state index is 0.148. The van der Waals surface area contributed by atoms with Crippen molar-refractivity contribution in [1.82, 2.24) is 0 Å². The molecule has 2 rings (SSSR count). The third-order valence-corrected chi connectivity index (χ3v) is 4.65. The number of carboxylic acids is 1. The van der Waals surface area contributed by atoms with Gasteiger partial charge in [-0.1, -0.05) is 30.3 Å². The van der Waals surface area contributed by atoms with Gasteiger partial charge in [0.1, 0.15) is 0 Å². The molecular weight excluding hydrogens is 518 g/mol. The van der Waals surface area contributed by atoms with E-state index < -0.39 is 48.4 Å². The lowest BCUT2D eigenvalue weighted by Gasteiger charge is -1.94. The predicted octanol–water partition coefficient (Wildman–Crippen LogP) is 3.74. The second-order valence-corrected chi connectivity index (χ2v) is 6.63. The number of halogens is 2. The van der Waals surface area contributed by atoms with Crippen LogP contribution in [0, 0.1) is 7.14 Å². The lowest BCUT2D eigenvalue weighted by atomic mass is 10.2. The number of hydrogen-bond donors (Lipinski definition) is 2. The summed E-state index contributed by atoms with van der Waals surface area (Å²) in [4.78, 5) is 18.8. The molecule has 0 aliphatic carbocycles. The molecule has 22 heavy (non-hydrogen) atoms. The van der Waals surface area contributed by atoms with E-state index in [-0.39, 0.29) is 12.0 Å². The predicted molar refractivity (Wildman–Crippen MR) is 95.3 cm³/mol. The first kappa shape index (κ1) is 20.4. The third-order valence-electron chi connectivity index (χ3n) is 2.01. The maximum Gasteiger partial charge on any atom is 0.336 e. The number of benzene rings is 2. The zero-order valence-electron chi connectivity index (χ0n) is 11.1. The monoisotopic (exact) mass is 530 g/mol. The third kappa shape index (κ3) is 8.67. The summed E-state index contributed by atoms with van der Waals surface area (Å²) in [6.45, 7) is -0.250. The lowest BCUT2D eigenvalue weighted by Crippen LogP contribution is -1.98. The van der Waals surface area contributed by atoms with Crippen molar-refractivity contribution in [2.24, 2.45) is 0 Å². The van der Waals surface area contributed by atoms with Crippen LogP contribution in [0.1, 0.15) is 10.4 Å². The van der Waals surface area contributed by atoms with Gasteiger partial charge in [0.2, 0.25) is 0 Å².